The number of carbonyl (C=O) groups excluding carboxylic acids is 2. The first-order valence-electron chi connectivity index (χ1n) is 17.6. The van der Waals surface area contributed by atoms with Gasteiger partial charge in [-0.2, -0.15) is 0 Å². The van der Waals surface area contributed by atoms with Gasteiger partial charge in [-0.05, 0) is 68.2 Å². The zero-order valence-electron chi connectivity index (χ0n) is 30.0. The number of carbonyl (C=O) groups is 2. The van der Waals surface area contributed by atoms with Gasteiger partial charge >= 0.3 is 6.09 Å². The van der Waals surface area contributed by atoms with Crippen molar-refractivity contribution < 1.29 is 23.9 Å². The highest BCUT2D eigenvalue weighted by molar-refractivity contribution is 6.78. The van der Waals surface area contributed by atoms with Crippen molar-refractivity contribution in [2.24, 2.45) is 0 Å². The summed E-state index contributed by atoms with van der Waals surface area (Å²) in [6.07, 6.45) is 1.29. The number of hydrogen-bond donors (Lipinski definition) is 3. The summed E-state index contributed by atoms with van der Waals surface area (Å²) in [7, 11) is -2.11. The molecule has 0 radical (unpaired) electrons. The molecule has 0 fully saturated rings. The number of nitrogens with one attached hydrogen (secondary N) is 2. The fourth-order valence-corrected chi connectivity index (χ4v) is 12.9. The Bertz CT molecular complexity index is 1720. The summed E-state index contributed by atoms with van der Waals surface area (Å²) in [4.78, 5) is 26.9. The van der Waals surface area contributed by atoms with E-state index in [0.717, 1.165) is 39.1 Å². The Morgan fingerprint density at radius 3 is 1.84 bits per heavy atom. The lowest BCUT2D eigenvalue weighted by molar-refractivity contribution is -0.122. The van der Waals surface area contributed by atoms with E-state index in [1.54, 1.807) is 6.08 Å². The maximum absolute atomic E-state index is 13.7. The third-order valence-corrected chi connectivity index (χ3v) is 15.9. The molecule has 0 saturated heterocycles. The van der Waals surface area contributed by atoms with E-state index >= 15 is 0 Å². The number of aliphatic hydroxyl groups is 1. The van der Waals surface area contributed by atoms with Crippen LogP contribution in [0.3, 0.4) is 0 Å². The highest BCUT2D eigenvalue weighted by Gasteiger charge is 2.47. The molecule has 4 aromatic carbocycles. The van der Waals surface area contributed by atoms with Crippen molar-refractivity contribution in [3.8, 4) is 16.9 Å². The maximum atomic E-state index is 13.7. The van der Waals surface area contributed by atoms with E-state index in [0.29, 0.717) is 22.3 Å². The second-order valence-electron chi connectivity index (χ2n) is 14.0. The molecule has 7 nitrogen and oxygen atoms in total. The number of fused-ring (bicyclic) bond motifs is 3. The van der Waals surface area contributed by atoms with Gasteiger partial charge in [-0.25, -0.2) is 4.79 Å². The first kappa shape index (κ1) is 36.6. The minimum atomic E-state index is -2.11. The number of ether oxygens (including phenoxy) is 1. The van der Waals surface area contributed by atoms with Crippen molar-refractivity contribution in [2.45, 2.75) is 76.5 Å². The molecule has 8 heteroatoms. The fraction of sp³-hybridized carbons (Fsp3) is 0.333. The third kappa shape index (κ3) is 8.20. The smallest absolute Gasteiger partial charge is 0.407 e. The molecule has 0 bridgehead atoms. The number of rotatable bonds is 14. The third-order valence-electron chi connectivity index (χ3n) is 9.91. The Morgan fingerprint density at radius 1 is 0.760 bits per heavy atom. The van der Waals surface area contributed by atoms with Crippen molar-refractivity contribution in [3.05, 3.63) is 131 Å². The molecular formula is C42H50N2O5Si. The number of hydrogen-bond acceptors (Lipinski definition) is 5. The Hall–Kier alpha value is -4.66. The molecule has 3 N–H and O–H groups in total. The predicted molar refractivity (Wildman–Crippen MR) is 203 cm³/mol. The van der Waals surface area contributed by atoms with Crippen LogP contribution in [-0.2, 0) is 16.0 Å². The molecule has 0 spiro atoms. The van der Waals surface area contributed by atoms with Gasteiger partial charge in [0.2, 0.25) is 5.91 Å². The van der Waals surface area contributed by atoms with E-state index < -0.39 is 33.0 Å². The summed E-state index contributed by atoms with van der Waals surface area (Å²) in [5.74, 6) is 0.272. The Balaban J connectivity index is 1.28. The standard InChI is InChI=1S/C42H50N2O5Si/c1-28(2)50(29(3)4,30(5)6)49-34-22-20-32(21-23-34)24-33(26-45)43-41(46)40(25-31-14-8-7-9-15-31)44-42(47)48-27-39-37-18-12-10-16-35(37)36-17-11-13-19-38(36)39/h7-24,28-30,39-40,45H,25-27H2,1-6H3,(H,43,46)(H,44,47)/b33-24-/t40-/m1/s1. The minimum absolute atomic E-state index is 0.102. The molecule has 0 aromatic heterocycles. The molecule has 0 aliphatic heterocycles. The van der Waals surface area contributed by atoms with Gasteiger partial charge in [-0.1, -0.05) is 133 Å². The SMILES string of the molecule is CC(C)[Si](Oc1ccc(/C=C(/CO)NC(=O)[C@@H](Cc2ccccc2)NC(=O)OCC2c3ccccc3-c3ccccc32)cc1)(C(C)C)C(C)C. The van der Waals surface area contributed by atoms with Crippen LogP contribution in [0, 0.1) is 0 Å². The summed E-state index contributed by atoms with van der Waals surface area (Å²) < 4.78 is 12.6. The van der Waals surface area contributed by atoms with Gasteiger partial charge in [-0.15, -0.1) is 0 Å². The van der Waals surface area contributed by atoms with E-state index in [4.69, 9.17) is 9.16 Å². The van der Waals surface area contributed by atoms with Crippen LogP contribution in [0.25, 0.3) is 17.2 Å². The topological polar surface area (TPSA) is 96.9 Å². The molecule has 262 valence electrons. The average molecular weight is 691 g/mol. The van der Waals surface area contributed by atoms with E-state index in [-0.39, 0.29) is 18.9 Å². The van der Waals surface area contributed by atoms with Gasteiger partial charge in [0.25, 0.3) is 8.32 Å². The molecule has 1 aliphatic carbocycles. The first-order valence-corrected chi connectivity index (χ1v) is 19.7. The van der Waals surface area contributed by atoms with Crippen molar-refractivity contribution in [3.63, 3.8) is 0 Å². The Labute approximate surface area is 297 Å². The van der Waals surface area contributed by atoms with Crippen molar-refractivity contribution >= 4 is 26.4 Å². The van der Waals surface area contributed by atoms with Crippen LogP contribution < -0.4 is 15.1 Å². The lowest BCUT2D eigenvalue weighted by Crippen LogP contribution is -2.50. The van der Waals surface area contributed by atoms with Crippen LogP contribution in [-0.4, -0.2) is 44.7 Å². The molecule has 0 heterocycles. The highest BCUT2D eigenvalue weighted by Crippen LogP contribution is 2.45. The van der Waals surface area contributed by atoms with Gasteiger partial charge in [0.15, 0.2) is 0 Å². The summed E-state index contributed by atoms with van der Waals surface area (Å²) in [5.41, 5.74) is 7.83. The van der Waals surface area contributed by atoms with Crippen molar-refractivity contribution in [1.29, 1.82) is 0 Å². The molecule has 1 atom stereocenters. The van der Waals surface area contributed by atoms with Crippen LogP contribution in [0.5, 0.6) is 5.75 Å². The number of benzene rings is 4. The van der Waals surface area contributed by atoms with E-state index in [9.17, 15) is 14.7 Å². The zero-order valence-corrected chi connectivity index (χ0v) is 31.0. The van der Waals surface area contributed by atoms with Gasteiger partial charge in [0, 0.05) is 18.0 Å². The average Bonchev–Trinajstić information content (AvgIpc) is 3.43. The molecule has 2 amide bonds. The Kier molecular flexibility index (Phi) is 12.0. The van der Waals surface area contributed by atoms with Gasteiger partial charge in [0.1, 0.15) is 18.4 Å². The normalized spacial score (nSPS) is 13.6. The largest absolute Gasteiger partial charge is 0.543 e. The highest BCUT2D eigenvalue weighted by atomic mass is 28.4. The van der Waals surface area contributed by atoms with Crippen LogP contribution in [0.2, 0.25) is 16.6 Å². The van der Waals surface area contributed by atoms with Crippen LogP contribution >= 0.6 is 0 Å². The number of amides is 2. The second-order valence-corrected chi connectivity index (χ2v) is 19.4. The quantitative estimate of drug-likeness (QED) is 0.115. The number of aliphatic hydroxyl groups excluding tert-OH is 1. The zero-order chi connectivity index (χ0) is 35.8. The Morgan fingerprint density at radius 2 is 1.30 bits per heavy atom. The molecule has 0 saturated carbocycles. The van der Waals surface area contributed by atoms with E-state index in [2.05, 4.69) is 76.4 Å². The predicted octanol–water partition coefficient (Wildman–Crippen LogP) is 8.84. The maximum Gasteiger partial charge on any atom is 0.407 e. The lowest BCUT2D eigenvalue weighted by Gasteiger charge is -2.42. The summed E-state index contributed by atoms with van der Waals surface area (Å²) >= 11 is 0. The van der Waals surface area contributed by atoms with Gasteiger partial charge in [0.05, 0.1) is 6.61 Å². The lowest BCUT2D eigenvalue weighted by atomic mass is 9.98. The molecule has 1 aliphatic rings. The molecule has 0 unspecified atom stereocenters. The second kappa shape index (κ2) is 16.4. The van der Waals surface area contributed by atoms with Crippen molar-refractivity contribution in [2.75, 3.05) is 13.2 Å². The summed E-state index contributed by atoms with van der Waals surface area (Å²) in [5, 5.41) is 15.9. The van der Waals surface area contributed by atoms with Gasteiger partial charge < -0.3 is 24.9 Å². The van der Waals surface area contributed by atoms with Gasteiger partial charge in [-0.3, -0.25) is 4.79 Å². The molecule has 5 rings (SSSR count). The number of alkyl carbamates (subject to hydrolysis) is 1. The summed E-state index contributed by atoms with van der Waals surface area (Å²) in [6.45, 7) is 13.3. The van der Waals surface area contributed by atoms with E-state index in [1.807, 2.05) is 78.9 Å². The van der Waals surface area contributed by atoms with Crippen LogP contribution in [0.15, 0.2) is 109 Å². The first-order chi connectivity index (χ1) is 24.0. The van der Waals surface area contributed by atoms with Crippen LogP contribution in [0.4, 0.5) is 4.79 Å². The molecule has 4 aromatic rings. The van der Waals surface area contributed by atoms with Crippen LogP contribution in [0.1, 0.15) is 69.7 Å². The molecular weight excluding hydrogens is 641 g/mol. The fourth-order valence-electron chi connectivity index (χ4n) is 7.60. The molecule has 50 heavy (non-hydrogen) atoms. The van der Waals surface area contributed by atoms with Crippen molar-refractivity contribution in [1.82, 2.24) is 10.6 Å². The minimum Gasteiger partial charge on any atom is -0.543 e. The van der Waals surface area contributed by atoms with E-state index in [1.165, 1.54) is 0 Å². The monoisotopic (exact) mass is 690 g/mol. The summed E-state index contributed by atoms with van der Waals surface area (Å²) in [6, 6.07) is 32.6.